The van der Waals surface area contributed by atoms with Crippen molar-refractivity contribution in [1.29, 1.82) is 0 Å². The van der Waals surface area contributed by atoms with Crippen LogP contribution in [0.1, 0.15) is 29.3 Å². The molecule has 2 rings (SSSR count). The zero-order valence-corrected chi connectivity index (χ0v) is 11.2. The van der Waals surface area contributed by atoms with Crippen LogP contribution in [0.25, 0.3) is 0 Å². The third kappa shape index (κ3) is 2.79. The second-order valence-electron chi connectivity index (χ2n) is 4.67. The highest BCUT2D eigenvalue weighted by Crippen LogP contribution is 2.29. The van der Waals surface area contributed by atoms with E-state index in [4.69, 9.17) is 0 Å². The summed E-state index contributed by atoms with van der Waals surface area (Å²) in [5, 5.41) is 11.6. The highest BCUT2D eigenvalue weighted by atomic mass is 16.4. The number of anilines is 1. The van der Waals surface area contributed by atoms with E-state index in [1.807, 2.05) is 0 Å². The minimum atomic E-state index is -0.988. The first-order valence-corrected chi connectivity index (χ1v) is 6.40. The zero-order valence-electron chi connectivity index (χ0n) is 11.2. The summed E-state index contributed by atoms with van der Waals surface area (Å²) in [5.74, 6) is -1.49. The Kier molecular flexibility index (Phi) is 4.02. The van der Waals surface area contributed by atoms with Gasteiger partial charge in [0.25, 0.3) is 0 Å². The second kappa shape index (κ2) is 5.73. The summed E-state index contributed by atoms with van der Waals surface area (Å²) in [5.41, 5.74) is 1.55. The van der Waals surface area contributed by atoms with E-state index in [0.29, 0.717) is 30.6 Å². The van der Waals surface area contributed by atoms with Crippen LogP contribution < -0.4 is 10.2 Å². The number of amides is 2. The Balaban J connectivity index is 2.29. The maximum absolute atomic E-state index is 12.1. The topological polar surface area (TPSA) is 86.7 Å². The zero-order chi connectivity index (χ0) is 14.7. The molecule has 1 aliphatic heterocycles. The Bertz CT molecular complexity index is 568. The van der Waals surface area contributed by atoms with E-state index in [2.05, 4.69) is 5.32 Å². The number of carboxylic acid groups (broad SMARTS) is 1. The number of rotatable bonds is 3. The van der Waals surface area contributed by atoms with Gasteiger partial charge in [-0.3, -0.25) is 9.59 Å². The number of hydrogen-bond donors (Lipinski definition) is 2. The maximum atomic E-state index is 12.1. The number of fused-ring (bicyclic) bond motifs is 1. The molecule has 0 fully saturated rings. The van der Waals surface area contributed by atoms with Crippen molar-refractivity contribution in [1.82, 2.24) is 5.32 Å². The molecular weight excluding hydrogens is 260 g/mol. The normalized spacial score (nSPS) is 13.6. The number of aromatic carboxylic acids is 1. The van der Waals surface area contributed by atoms with Crippen LogP contribution in [0.15, 0.2) is 18.2 Å². The summed E-state index contributed by atoms with van der Waals surface area (Å²) < 4.78 is 0. The van der Waals surface area contributed by atoms with Crippen LogP contribution >= 0.6 is 0 Å². The summed E-state index contributed by atoms with van der Waals surface area (Å²) in [6, 6.07) is 4.92. The Hall–Kier alpha value is -2.37. The van der Waals surface area contributed by atoms with Crippen LogP contribution in [0, 0.1) is 0 Å². The number of benzene rings is 1. The van der Waals surface area contributed by atoms with Gasteiger partial charge >= 0.3 is 5.97 Å². The predicted octanol–water partition coefficient (Wildman–Crippen LogP) is 0.800. The minimum absolute atomic E-state index is 0.0773. The van der Waals surface area contributed by atoms with E-state index >= 15 is 0 Å². The summed E-state index contributed by atoms with van der Waals surface area (Å²) in [4.78, 5) is 35.7. The molecule has 1 aromatic rings. The smallest absolute Gasteiger partial charge is 0.336 e. The predicted molar refractivity (Wildman–Crippen MR) is 72.8 cm³/mol. The van der Waals surface area contributed by atoms with Crippen LogP contribution in [0.5, 0.6) is 0 Å². The highest BCUT2D eigenvalue weighted by Gasteiger charge is 2.25. The number of hydrogen-bond acceptors (Lipinski definition) is 3. The molecule has 0 saturated heterocycles. The minimum Gasteiger partial charge on any atom is -0.478 e. The molecule has 0 saturated carbocycles. The summed E-state index contributed by atoms with van der Waals surface area (Å²) >= 11 is 0. The molecule has 2 amide bonds. The summed E-state index contributed by atoms with van der Waals surface area (Å²) in [6.45, 7) is 1.81. The molecule has 1 aromatic carbocycles. The van der Waals surface area contributed by atoms with Gasteiger partial charge in [-0.2, -0.15) is 0 Å². The highest BCUT2D eigenvalue weighted by molar-refractivity contribution is 6.00. The third-order valence-corrected chi connectivity index (χ3v) is 3.27. The Morgan fingerprint density at radius 2 is 2.10 bits per heavy atom. The molecule has 6 heteroatoms. The SMILES string of the molecule is CC(=O)NCC(=O)N1CCCc2c(C(=O)O)cccc21. The molecule has 6 nitrogen and oxygen atoms in total. The first-order chi connectivity index (χ1) is 9.50. The van der Waals surface area contributed by atoms with Crippen molar-refractivity contribution < 1.29 is 19.5 Å². The molecule has 0 aliphatic carbocycles. The van der Waals surface area contributed by atoms with E-state index in [-0.39, 0.29) is 23.9 Å². The van der Waals surface area contributed by atoms with Crippen molar-refractivity contribution in [2.24, 2.45) is 0 Å². The second-order valence-corrected chi connectivity index (χ2v) is 4.67. The van der Waals surface area contributed by atoms with Gasteiger partial charge in [0.2, 0.25) is 11.8 Å². The van der Waals surface area contributed by atoms with Crippen molar-refractivity contribution >= 4 is 23.5 Å². The van der Waals surface area contributed by atoms with Crippen LogP contribution in [0.4, 0.5) is 5.69 Å². The molecule has 0 radical (unpaired) electrons. The fourth-order valence-corrected chi connectivity index (χ4v) is 2.38. The fourth-order valence-electron chi connectivity index (χ4n) is 2.38. The molecule has 20 heavy (non-hydrogen) atoms. The van der Waals surface area contributed by atoms with Gasteiger partial charge < -0.3 is 15.3 Å². The standard InChI is InChI=1S/C14H16N2O4/c1-9(17)15-8-13(18)16-7-3-5-10-11(14(19)20)4-2-6-12(10)16/h2,4,6H,3,5,7-8H2,1H3,(H,15,17)(H,19,20). The molecule has 1 aliphatic rings. The number of nitrogens with zero attached hydrogens (tertiary/aromatic N) is 1. The van der Waals surface area contributed by atoms with Gasteiger partial charge in [-0.05, 0) is 30.5 Å². The average Bonchev–Trinajstić information content (AvgIpc) is 2.43. The Morgan fingerprint density at radius 3 is 2.75 bits per heavy atom. The van der Waals surface area contributed by atoms with Crippen molar-refractivity contribution in [2.75, 3.05) is 18.0 Å². The van der Waals surface area contributed by atoms with Gasteiger partial charge in [-0.1, -0.05) is 6.07 Å². The van der Waals surface area contributed by atoms with Gasteiger partial charge in [0.1, 0.15) is 0 Å². The van der Waals surface area contributed by atoms with E-state index in [1.165, 1.54) is 6.92 Å². The molecule has 0 aromatic heterocycles. The number of carboxylic acids is 1. The third-order valence-electron chi connectivity index (χ3n) is 3.27. The Morgan fingerprint density at radius 1 is 1.35 bits per heavy atom. The van der Waals surface area contributed by atoms with Crippen molar-refractivity contribution in [3.63, 3.8) is 0 Å². The fraction of sp³-hybridized carbons (Fsp3) is 0.357. The number of nitrogens with one attached hydrogen (secondary N) is 1. The average molecular weight is 276 g/mol. The molecule has 1 heterocycles. The molecule has 0 atom stereocenters. The Labute approximate surface area is 116 Å². The molecule has 2 N–H and O–H groups in total. The van der Waals surface area contributed by atoms with Gasteiger partial charge in [-0.15, -0.1) is 0 Å². The van der Waals surface area contributed by atoms with E-state index in [9.17, 15) is 19.5 Å². The molecular formula is C14H16N2O4. The quantitative estimate of drug-likeness (QED) is 0.855. The van der Waals surface area contributed by atoms with Gasteiger partial charge in [-0.25, -0.2) is 4.79 Å². The summed E-state index contributed by atoms with van der Waals surface area (Å²) in [6.07, 6.45) is 1.35. The van der Waals surface area contributed by atoms with Crippen LogP contribution in [-0.4, -0.2) is 36.0 Å². The first kappa shape index (κ1) is 14.0. The lowest BCUT2D eigenvalue weighted by molar-refractivity contribution is -0.123. The maximum Gasteiger partial charge on any atom is 0.336 e. The lowest BCUT2D eigenvalue weighted by atomic mass is 9.96. The van der Waals surface area contributed by atoms with E-state index in [1.54, 1.807) is 23.1 Å². The van der Waals surface area contributed by atoms with Crippen molar-refractivity contribution in [3.05, 3.63) is 29.3 Å². The molecule has 106 valence electrons. The van der Waals surface area contributed by atoms with Gasteiger partial charge in [0.15, 0.2) is 0 Å². The molecule has 0 unspecified atom stereocenters. The van der Waals surface area contributed by atoms with Gasteiger partial charge in [0.05, 0.1) is 12.1 Å². The molecule has 0 bridgehead atoms. The first-order valence-electron chi connectivity index (χ1n) is 6.40. The van der Waals surface area contributed by atoms with E-state index < -0.39 is 5.97 Å². The van der Waals surface area contributed by atoms with Crippen LogP contribution in [-0.2, 0) is 16.0 Å². The lowest BCUT2D eigenvalue weighted by Gasteiger charge is -2.30. The largest absolute Gasteiger partial charge is 0.478 e. The lowest BCUT2D eigenvalue weighted by Crippen LogP contribution is -2.42. The molecule has 0 spiro atoms. The van der Waals surface area contributed by atoms with Gasteiger partial charge in [0, 0.05) is 19.2 Å². The number of carbonyl (C=O) groups is 3. The van der Waals surface area contributed by atoms with Crippen LogP contribution in [0.3, 0.4) is 0 Å². The monoisotopic (exact) mass is 276 g/mol. The van der Waals surface area contributed by atoms with Crippen molar-refractivity contribution in [2.45, 2.75) is 19.8 Å². The van der Waals surface area contributed by atoms with E-state index in [0.717, 1.165) is 0 Å². The van der Waals surface area contributed by atoms with Crippen LogP contribution in [0.2, 0.25) is 0 Å². The van der Waals surface area contributed by atoms with Crippen molar-refractivity contribution in [3.8, 4) is 0 Å². The summed E-state index contributed by atoms with van der Waals surface area (Å²) in [7, 11) is 0. The number of carbonyl (C=O) groups excluding carboxylic acids is 2.